The highest BCUT2D eigenvalue weighted by atomic mass is 16.1. The molecule has 0 aromatic heterocycles. The highest BCUT2D eigenvalue weighted by Gasteiger charge is 2.22. The Kier molecular flexibility index (Phi) is 3.30. The van der Waals surface area contributed by atoms with Crippen molar-refractivity contribution in [1.29, 1.82) is 0 Å². The van der Waals surface area contributed by atoms with Crippen molar-refractivity contribution in [3.63, 3.8) is 0 Å². The van der Waals surface area contributed by atoms with E-state index in [0.717, 1.165) is 32.2 Å². The number of nitrogens with zero attached hydrogens (tertiary/aromatic N) is 1. The van der Waals surface area contributed by atoms with Crippen LogP contribution in [0.4, 0.5) is 0 Å². The molecule has 0 amide bonds. The van der Waals surface area contributed by atoms with Gasteiger partial charge in [-0.3, -0.25) is 4.90 Å². The van der Waals surface area contributed by atoms with Crippen LogP contribution in [0.2, 0.25) is 0 Å². The second-order valence-electron chi connectivity index (χ2n) is 2.96. The van der Waals surface area contributed by atoms with Crippen LogP contribution in [-0.4, -0.2) is 30.3 Å². The summed E-state index contributed by atoms with van der Waals surface area (Å²) in [5.41, 5.74) is 0. The van der Waals surface area contributed by atoms with E-state index in [2.05, 4.69) is 11.5 Å². The molecule has 0 unspecified atom stereocenters. The maximum Gasteiger partial charge on any atom is 0.137 e. The predicted molar refractivity (Wildman–Crippen MR) is 45.5 cm³/mol. The van der Waals surface area contributed by atoms with Gasteiger partial charge in [0.1, 0.15) is 6.29 Å². The molecular formula is C9H15NO. The van der Waals surface area contributed by atoms with Gasteiger partial charge in [0, 0.05) is 6.54 Å². The fourth-order valence-corrected chi connectivity index (χ4v) is 1.54. The summed E-state index contributed by atoms with van der Waals surface area (Å²) in [6, 6.07) is 0.190. The van der Waals surface area contributed by atoms with Crippen LogP contribution in [0.25, 0.3) is 0 Å². The summed E-state index contributed by atoms with van der Waals surface area (Å²) >= 11 is 0. The van der Waals surface area contributed by atoms with Crippen molar-refractivity contribution in [3.8, 4) is 0 Å². The monoisotopic (exact) mass is 153 g/mol. The van der Waals surface area contributed by atoms with E-state index in [1.165, 1.54) is 6.42 Å². The van der Waals surface area contributed by atoms with E-state index in [0.29, 0.717) is 0 Å². The number of aldehydes is 1. The molecule has 1 fully saturated rings. The maximum absolute atomic E-state index is 10.5. The van der Waals surface area contributed by atoms with Gasteiger partial charge in [0.05, 0.1) is 6.04 Å². The number of carbonyl (C=O) groups excluding carboxylic acids is 1. The molecule has 0 aromatic carbocycles. The Bertz CT molecular complexity index is 144. The fraction of sp³-hybridized carbons (Fsp3) is 0.667. The molecule has 1 saturated heterocycles. The second kappa shape index (κ2) is 4.29. The number of hydrogen-bond donors (Lipinski definition) is 0. The van der Waals surface area contributed by atoms with Crippen LogP contribution in [0.15, 0.2) is 12.7 Å². The third kappa shape index (κ3) is 2.15. The van der Waals surface area contributed by atoms with Gasteiger partial charge in [-0.1, -0.05) is 6.08 Å². The van der Waals surface area contributed by atoms with E-state index >= 15 is 0 Å². The molecule has 0 aliphatic carbocycles. The largest absolute Gasteiger partial charge is 0.302 e. The fourth-order valence-electron chi connectivity index (χ4n) is 1.54. The lowest BCUT2D eigenvalue weighted by atomic mass is 10.2. The molecule has 1 atom stereocenters. The van der Waals surface area contributed by atoms with Crippen LogP contribution in [0.5, 0.6) is 0 Å². The van der Waals surface area contributed by atoms with Crippen molar-refractivity contribution in [1.82, 2.24) is 4.90 Å². The van der Waals surface area contributed by atoms with Crippen molar-refractivity contribution >= 4 is 6.29 Å². The first kappa shape index (κ1) is 8.47. The van der Waals surface area contributed by atoms with Crippen LogP contribution >= 0.6 is 0 Å². The summed E-state index contributed by atoms with van der Waals surface area (Å²) in [4.78, 5) is 12.7. The minimum absolute atomic E-state index is 0.190. The summed E-state index contributed by atoms with van der Waals surface area (Å²) in [5, 5.41) is 0. The number of carbonyl (C=O) groups is 1. The van der Waals surface area contributed by atoms with Gasteiger partial charge in [-0.15, -0.1) is 6.58 Å². The topological polar surface area (TPSA) is 20.3 Å². The average molecular weight is 153 g/mol. The zero-order valence-corrected chi connectivity index (χ0v) is 6.83. The van der Waals surface area contributed by atoms with Crippen LogP contribution < -0.4 is 0 Å². The van der Waals surface area contributed by atoms with E-state index < -0.39 is 0 Å². The third-order valence-electron chi connectivity index (χ3n) is 2.19. The van der Waals surface area contributed by atoms with Crippen LogP contribution in [0.1, 0.15) is 19.3 Å². The predicted octanol–water partition coefficient (Wildman–Crippen LogP) is 1.23. The van der Waals surface area contributed by atoms with Crippen LogP contribution in [0.3, 0.4) is 0 Å². The minimum atomic E-state index is 0.190. The molecule has 0 saturated carbocycles. The van der Waals surface area contributed by atoms with E-state index in [4.69, 9.17) is 0 Å². The first-order valence-electron chi connectivity index (χ1n) is 4.18. The molecule has 1 heterocycles. The Hall–Kier alpha value is -0.630. The van der Waals surface area contributed by atoms with Gasteiger partial charge in [-0.25, -0.2) is 0 Å². The van der Waals surface area contributed by atoms with Crippen molar-refractivity contribution in [3.05, 3.63) is 12.7 Å². The third-order valence-corrected chi connectivity index (χ3v) is 2.19. The molecule has 0 N–H and O–H groups in total. The number of rotatable bonds is 4. The Morgan fingerprint density at radius 2 is 2.45 bits per heavy atom. The molecule has 11 heavy (non-hydrogen) atoms. The number of hydrogen-bond acceptors (Lipinski definition) is 2. The highest BCUT2D eigenvalue weighted by molar-refractivity contribution is 5.58. The molecule has 0 bridgehead atoms. The van der Waals surface area contributed by atoms with Gasteiger partial charge in [0.2, 0.25) is 0 Å². The summed E-state index contributed by atoms with van der Waals surface area (Å²) in [6.07, 6.45) is 6.17. The Morgan fingerprint density at radius 1 is 1.64 bits per heavy atom. The molecule has 1 aliphatic heterocycles. The molecule has 0 radical (unpaired) electrons. The van der Waals surface area contributed by atoms with Gasteiger partial charge >= 0.3 is 0 Å². The van der Waals surface area contributed by atoms with E-state index in [9.17, 15) is 4.79 Å². The highest BCUT2D eigenvalue weighted by Crippen LogP contribution is 2.14. The molecule has 1 rings (SSSR count). The quantitative estimate of drug-likeness (QED) is 0.447. The SMILES string of the molecule is C=CCCN1CCC[C@H]1C=O. The Balaban J connectivity index is 2.30. The standard InChI is InChI=1S/C9H15NO/c1-2-3-6-10-7-4-5-9(10)8-11/h2,8-9H,1,3-7H2/t9-/m0/s1. The van der Waals surface area contributed by atoms with Crippen LogP contribution in [0, 0.1) is 0 Å². The van der Waals surface area contributed by atoms with Crippen LogP contribution in [-0.2, 0) is 4.79 Å². The van der Waals surface area contributed by atoms with Crippen molar-refractivity contribution in [2.45, 2.75) is 25.3 Å². The van der Waals surface area contributed by atoms with Gasteiger partial charge in [0.15, 0.2) is 0 Å². The number of likely N-dealkylation sites (tertiary alicyclic amines) is 1. The second-order valence-corrected chi connectivity index (χ2v) is 2.96. The molecule has 2 nitrogen and oxygen atoms in total. The first-order valence-corrected chi connectivity index (χ1v) is 4.18. The zero-order valence-electron chi connectivity index (χ0n) is 6.83. The Morgan fingerprint density at radius 3 is 3.09 bits per heavy atom. The summed E-state index contributed by atoms with van der Waals surface area (Å²) in [5.74, 6) is 0. The summed E-state index contributed by atoms with van der Waals surface area (Å²) in [7, 11) is 0. The van der Waals surface area contributed by atoms with Gasteiger partial charge in [-0.2, -0.15) is 0 Å². The van der Waals surface area contributed by atoms with E-state index in [1.807, 2.05) is 6.08 Å². The normalized spacial score (nSPS) is 25.3. The average Bonchev–Trinajstić information content (AvgIpc) is 2.47. The molecular weight excluding hydrogens is 138 g/mol. The van der Waals surface area contributed by atoms with Crippen molar-refractivity contribution in [2.75, 3.05) is 13.1 Å². The summed E-state index contributed by atoms with van der Waals surface area (Å²) in [6.45, 7) is 5.73. The van der Waals surface area contributed by atoms with Gasteiger partial charge < -0.3 is 4.79 Å². The summed E-state index contributed by atoms with van der Waals surface area (Å²) < 4.78 is 0. The van der Waals surface area contributed by atoms with Gasteiger partial charge in [-0.05, 0) is 25.8 Å². The minimum Gasteiger partial charge on any atom is -0.302 e. The lowest BCUT2D eigenvalue weighted by Crippen LogP contribution is -2.31. The zero-order chi connectivity index (χ0) is 8.10. The smallest absolute Gasteiger partial charge is 0.137 e. The molecule has 0 spiro atoms. The van der Waals surface area contributed by atoms with Gasteiger partial charge in [0.25, 0.3) is 0 Å². The van der Waals surface area contributed by atoms with E-state index in [1.54, 1.807) is 0 Å². The lowest BCUT2D eigenvalue weighted by molar-refractivity contribution is -0.111. The lowest BCUT2D eigenvalue weighted by Gasteiger charge is -2.18. The Labute approximate surface area is 67.9 Å². The van der Waals surface area contributed by atoms with Crippen molar-refractivity contribution < 1.29 is 4.79 Å². The van der Waals surface area contributed by atoms with E-state index in [-0.39, 0.29) is 6.04 Å². The van der Waals surface area contributed by atoms with Crippen molar-refractivity contribution in [2.24, 2.45) is 0 Å². The molecule has 62 valence electrons. The first-order chi connectivity index (χ1) is 5.38. The maximum atomic E-state index is 10.5. The molecule has 1 aliphatic rings. The molecule has 2 heteroatoms. The molecule has 0 aromatic rings.